The zero-order chi connectivity index (χ0) is 29.4. The monoisotopic (exact) mass is 489 g/mol. The highest BCUT2D eigenvalue weighted by molar-refractivity contribution is 6.28. The van der Waals surface area contributed by atoms with Crippen LogP contribution in [0.4, 0.5) is 0 Å². The number of nitrogens with zero attached hydrogens (tertiary/aromatic N) is 2. The molecule has 0 radical (unpaired) electrons. The molecule has 8 rings (SSSR count). The van der Waals surface area contributed by atoms with Crippen molar-refractivity contribution in [3.05, 3.63) is 145 Å². The molecular weight excluding hydrogens is 460 g/mol. The topological polar surface area (TPSA) is 9.86 Å². The van der Waals surface area contributed by atoms with Gasteiger partial charge < -0.3 is 9.13 Å². The smallest absolute Gasteiger partial charge is 0.0645 e. The van der Waals surface area contributed by atoms with Crippen LogP contribution in [0.5, 0.6) is 0 Å². The standard InChI is InChI=1S/C36H24N2/c1-3-11-25(12-4-1)26-19-21-28(22-20-26)38-32-18-10-8-16-30(32)36-34(38)24-23-33-35(36)29-15-7-9-17-31(29)37(33)27-13-5-2-6-14-27/h1-24H/i2D,5D,6D,13D,14D. The molecule has 8 aromatic rings. The number of hydrogen-bond acceptors (Lipinski definition) is 0. The van der Waals surface area contributed by atoms with E-state index in [0.29, 0.717) is 0 Å². The van der Waals surface area contributed by atoms with Crippen molar-refractivity contribution in [3.8, 4) is 22.5 Å². The van der Waals surface area contributed by atoms with Crippen LogP contribution in [-0.4, -0.2) is 9.13 Å². The molecule has 0 aliphatic carbocycles. The molecule has 0 saturated heterocycles. The van der Waals surface area contributed by atoms with Gasteiger partial charge in [-0.2, -0.15) is 0 Å². The lowest BCUT2D eigenvalue weighted by atomic mass is 10.1. The highest BCUT2D eigenvalue weighted by Gasteiger charge is 2.20. The van der Waals surface area contributed by atoms with Gasteiger partial charge in [0.15, 0.2) is 0 Å². The summed E-state index contributed by atoms with van der Waals surface area (Å²) in [7, 11) is 0. The average molecular weight is 490 g/mol. The van der Waals surface area contributed by atoms with Gasteiger partial charge in [-0.25, -0.2) is 0 Å². The summed E-state index contributed by atoms with van der Waals surface area (Å²) in [6, 6.07) is 37.7. The molecule has 2 aromatic heterocycles. The van der Waals surface area contributed by atoms with E-state index >= 15 is 0 Å². The van der Waals surface area contributed by atoms with Crippen molar-refractivity contribution in [3.63, 3.8) is 0 Å². The summed E-state index contributed by atoms with van der Waals surface area (Å²) in [4.78, 5) is 0. The van der Waals surface area contributed by atoms with Crippen LogP contribution in [0, 0.1) is 0 Å². The average Bonchev–Trinajstić information content (AvgIpc) is 3.56. The molecular formula is C36H24N2. The van der Waals surface area contributed by atoms with Crippen molar-refractivity contribution in [1.29, 1.82) is 0 Å². The lowest BCUT2D eigenvalue weighted by Gasteiger charge is -2.10. The lowest BCUT2D eigenvalue weighted by molar-refractivity contribution is 1.17. The van der Waals surface area contributed by atoms with Crippen molar-refractivity contribution in [2.45, 2.75) is 0 Å². The van der Waals surface area contributed by atoms with E-state index in [-0.39, 0.29) is 29.9 Å². The first-order chi connectivity index (χ1) is 21.0. The maximum atomic E-state index is 8.75. The maximum Gasteiger partial charge on any atom is 0.0645 e. The van der Waals surface area contributed by atoms with Crippen LogP contribution in [0.3, 0.4) is 0 Å². The number of benzene rings is 6. The molecule has 178 valence electrons. The summed E-state index contributed by atoms with van der Waals surface area (Å²) in [5, 5.41) is 4.08. The Morgan fingerprint density at radius 2 is 0.895 bits per heavy atom. The number of fused-ring (bicyclic) bond motifs is 7. The van der Waals surface area contributed by atoms with Gasteiger partial charge in [0.05, 0.1) is 28.9 Å². The predicted octanol–water partition coefficient (Wildman–Crippen LogP) is 9.55. The summed E-state index contributed by atoms with van der Waals surface area (Å²) in [5.74, 6) is 0. The second-order valence-electron chi connectivity index (χ2n) is 9.45. The molecule has 0 unspecified atom stereocenters. The summed E-state index contributed by atoms with van der Waals surface area (Å²) in [5.41, 5.74) is 7.17. The van der Waals surface area contributed by atoms with Crippen LogP contribution in [0.25, 0.3) is 66.1 Å². The lowest BCUT2D eigenvalue weighted by Crippen LogP contribution is -1.94. The largest absolute Gasteiger partial charge is 0.309 e. The molecule has 0 amide bonds. The third kappa shape index (κ3) is 3.01. The molecule has 0 aliphatic heterocycles. The van der Waals surface area contributed by atoms with Gasteiger partial charge in [-0.1, -0.05) is 97.0 Å². The Hall–Kier alpha value is -5.08. The third-order valence-electron chi connectivity index (χ3n) is 7.41. The molecule has 0 fully saturated rings. The van der Waals surface area contributed by atoms with Crippen molar-refractivity contribution < 1.29 is 6.85 Å². The van der Waals surface area contributed by atoms with E-state index in [1.807, 2.05) is 65.2 Å². The van der Waals surface area contributed by atoms with Gasteiger partial charge in [0.25, 0.3) is 0 Å². The van der Waals surface area contributed by atoms with E-state index < -0.39 is 6.04 Å². The van der Waals surface area contributed by atoms with Crippen LogP contribution < -0.4 is 0 Å². The highest BCUT2D eigenvalue weighted by Crippen LogP contribution is 2.42. The van der Waals surface area contributed by atoms with Gasteiger partial charge in [-0.05, 0) is 59.6 Å². The highest BCUT2D eigenvalue weighted by atomic mass is 15.0. The minimum Gasteiger partial charge on any atom is -0.309 e. The van der Waals surface area contributed by atoms with E-state index in [1.54, 1.807) is 0 Å². The van der Waals surface area contributed by atoms with E-state index in [9.17, 15) is 0 Å². The van der Waals surface area contributed by atoms with Gasteiger partial charge >= 0.3 is 0 Å². The molecule has 0 bridgehead atoms. The molecule has 2 heterocycles. The second kappa shape index (κ2) is 8.22. The number of aromatic nitrogens is 2. The Balaban J connectivity index is 1.48. The van der Waals surface area contributed by atoms with Crippen LogP contribution in [0.1, 0.15) is 6.85 Å². The molecule has 38 heavy (non-hydrogen) atoms. The summed E-state index contributed by atoms with van der Waals surface area (Å²) in [6.45, 7) is 0. The van der Waals surface area contributed by atoms with Gasteiger partial charge in [0.1, 0.15) is 0 Å². The summed E-state index contributed by atoms with van der Waals surface area (Å²) < 4.78 is 46.4. The first kappa shape index (κ1) is 16.6. The molecule has 0 spiro atoms. The van der Waals surface area contributed by atoms with Crippen LogP contribution >= 0.6 is 0 Å². The summed E-state index contributed by atoms with van der Waals surface area (Å²) >= 11 is 0. The zero-order valence-corrected chi connectivity index (χ0v) is 20.4. The molecule has 6 aromatic carbocycles. The fourth-order valence-corrected chi connectivity index (χ4v) is 5.83. The van der Waals surface area contributed by atoms with Crippen molar-refractivity contribution in [1.82, 2.24) is 9.13 Å². The minimum absolute atomic E-state index is 0.150. The Bertz CT molecular complexity index is 2360. The number of rotatable bonds is 3. The molecule has 2 heteroatoms. The second-order valence-corrected chi connectivity index (χ2v) is 9.45. The number of hydrogen-bond donors (Lipinski definition) is 0. The Morgan fingerprint density at radius 3 is 1.50 bits per heavy atom. The zero-order valence-electron chi connectivity index (χ0n) is 25.4. The van der Waals surface area contributed by atoms with Gasteiger partial charge in [0, 0.05) is 32.9 Å². The van der Waals surface area contributed by atoms with E-state index in [4.69, 9.17) is 6.85 Å². The third-order valence-corrected chi connectivity index (χ3v) is 7.41. The summed E-state index contributed by atoms with van der Waals surface area (Å²) in [6.07, 6.45) is 0. The quantitative estimate of drug-likeness (QED) is 0.234. The first-order valence-corrected chi connectivity index (χ1v) is 12.6. The Morgan fingerprint density at radius 1 is 0.395 bits per heavy atom. The van der Waals surface area contributed by atoms with E-state index in [2.05, 4.69) is 59.2 Å². The van der Waals surface area contributed by atoms with Crippen LogP contribution in [0.2, 0.25) is 0 Å². The van der Waals surface area contributed by atoms with Gasteiger partial charge in [0.2, 0.25) is 0 Å². The minimum atomic E-state index is -0.400. The maximum absolute atomic E-state index is 8.75. The molecule has 2 nitrogen and oxygen atoms in total. The molecule has 0 saturated carbocycles. The normalized spacial score (nSPS) is 13.5. The predicted molar refractivity (Wildman–Crippen MR) is 161 cm³/mol. The van der Waals surface area contributed by atoms with Crippen LogP contribution in [0.15, 0.2) is 145 Å². The fourth-order valence-electron chi connectivity index (χ4n) is 5.83. The Labute approximate surface area is 227 Å². The van der Waals surface area contributed by atoms with Crippen molar-refractivity contribution in [2.75, 3.05) is 0 Å². The van der Waals surface area contributed by atoms with Crippen molar-refractivity contribution >= 4 is 43.6 Å². The Kier molecular flexibility index (Phi) is 3.60. The first-order valence-electron chi connectivity index (χ1n) is 15.1. The van der Waals surface area contributed by atoms with Gasteiger partial charge in [-0.3, -0.25) is 0 Å². The van der Waals surface area contributed by atoms with E-state index in [1.165, 1.54) is 5.56 Å². The van der Waals surface area contributed by atoms with Gasteiger partial charge in [-0.15, -0.1) is 0 Å². The van der Waals surface area contributed by atoms with Crippen molar-refractivity contribution in [2.24, 2.45) is 0 Å². The molecule has 0 atom stereocenters. The number of para-hydroxylation sites is 3. The van der Waals surface area contributed by atoms with E-state index in [0.717, 1.165) is 54.9 Å². The van der Waals surface area contributed by atoms with Crippen LogP contribution in [-0.2, 0) is 0 Å². The SMILES string of the molecule is [2H]c1c([2H])c([2H])c(-n2c3ccccc3c3c4c5ccccc5n(-c5ccc(-c6ccccc6)cc5)c4ccc32)c([2H])c1[2H]. The molecule has 0 N–H and O–H groups in total. The molecule has 0 aliphatic rings. The fraction of sp³-hybridized carbons (Fsp3) is 0.